The number of ether oxygens (including phenoxy) is 1. The minimum Gasteiger partial charge on any atom is -0.444 e. The Morgan fingerprint density at radius 3 is 2.47 bits per heavy atom. The Bertz CT molecular complexity index is 229. The molecule has 0 aromatic heterocycles. The first kappa shape index (κ1) is 14.0. The van der Waals surface area contributed by atoms with E-state index in [1.54, 1.807) is 0 Å². The Labute approximate surface area is 91.9 Å². The van der Waals surface area contributed by atoms with Crippen LogP contribution in [0.5, 0.6) is 0 Å². The molecular formula is C11H22N2O2. The lowest BCUT2D eigenvalue weighted by Gasteiger charge is -2.20. The van der Waals surface area contributed by atoms with E-state index >= 15 is 0 Å². The summed E-state index contributed by atoms with van der Waals surface area (Å²) in [7, 11) is 0. The predicted octanol–water partition coefficient (Wildman–Crippen LogP) is 1.80. The van der Waals surface area contributed by atoms with Gasteiger partial charge in [-0.25, -0.2) is 4.79 Å². The van der Waals surface area contributed by atoms with Crippen LogP contribution >= 0.6 is 0 Å². The highest BCUT2D eigenvalue weighted by Crippen LogP contribution is 2.06. The van der Waals surface area contributed by atoms with Gasteiger partial charge in [0, 0.05) is 12.6 Å². The smallest absolute Gasteiger partial charge is 0.407 e. The molecule has 0 saturated heterocycles. The maximum absolute atomic E-state index is 11.2. The van der Waals surface area contributed by atoms with Gasteiger partial charge in [-0.15, -0.1) is 0 Å². The largest absolute Gasteiger partial charge is 0.444 e. The fraction of sp³-hybridized carbons (Fsp3) is 0.727. The lowest BCUT2D eigenvalue weighted by atomic mass is 10.1. The van der Waals surface area contributed by atoms with Gasteiger partial charge in [-0.2, -0.15) is 0 Å². The van der Waals surface area contributed by atoms with Crippen LogP contribution in [-0.2, 0) is 4.74 Å². The van der Waals surface area contributed by atoms with Gasteiger partial charge < -0.3 is 15.8 Å². The van der Waals surface area contributed by atoms with Crippen LogP contribution in [0.2, 0.25) is 0 Å². The van der Waals surface area contributed by atoms with Gasteiger partial charge in [0.2, 0.25) is 0 Å². The van der Waals surface area contributed by atoms with Crippen LogP contribution < -0.4 is 11.1 Å². The van der Waals surface area contributed by atoms with E-state index in [-0.39, 0.29) is 6.04 Å². The Hall–Kier alpha value is -1.03. The molecule has 4 heteroatoms. The van der Waals surface area contributed by atoms with Crippen molar-refractivity contribution in [2.75, 3.05) is 6.54 Å². The predicted molar refractivity (Wildman–Crippen MR) is 61.6 cm³/mol. The average molecular weight is 214 g/mol. The highest BCUT2D eigenvalue weighted by Gasteiger charge is 2.15. The molecule has 1 atom stereocenters. The molecule has 0 aliphatic carbocycles. The van der Waals surface area contributed by atoms with Gasteiger partial charge in [0.15, 0.2) is 0 Å². The third-order valence-electron chi connectivity index (χ3n) is 1.49. The van der Waals surface area contributed by atoms with E-state index in [4.69, 9.17) is 10.5 Å². The first-order chi connectivity index (χ1) is 6.70. The monoisotopic (exact) mass is 214 g/mol. The number of rotatable bonds is 4. The first-order valence-electron chi connectivity index (χ1n) is 5.10. The second kappa shape index (κ2) is 5.75. The van der Waals surface area contributed by atoms with Crippen LogP contribution in [-0.4, -0.2) is 24.3 Å². The van der Waals surface area contributed by atoms with E-state index in [2.05, 4.69) is 11.9 Å². The normalized spacial score (nSPS) is 13.1. The molecule has 0 fully saturated rings. The molecule has 0 saturated carbocycles. The maximum atomic E-state index is 11.2. The second-order valence-electron chi connectivity index (χ2n) is 4.79. The van der Waals surface area contributed by atoms with Crippen LogP contribution in [0.25, 0.3) is 0 Å². The Morgan fingerprint density at radius 1 is 1.53 bits per heavy atom. The average Bonchev–Trinajstić information content (AvgIpc) is 1.96. The molecule has 0 heterocycles. The third kappa shape index (κ3) is 9.28. The van der Waals surface area contributed by atoms with E-state index in [9.17, 15) is 4.79 Å². The number of hydrogen-bond donors (Lipinski definition) is 2. The lowest BCUT2D eigenvalue weighted by molar-refractivity contribution is 0.0532. The van der Waals surface area contributed by atoms with Crippen molar-refractivity contribution in [1.82, 2.24) is 5.32 Å². The molecule has 0 aliphatic rings. The van der Waals surface area contributed by atoms with E-state index in [0.29, 0.717) is 13.0 Å². The van der Waals surface area contributed by atoms with Crippen molar-refractivity contribution >= 4 is 6.09 Å². The van der Waals surface area contributed by atoms with Gasteiger partial charge in [-0.3, -0.25) is 0 Å². The summed E-state index contributed by atoms with van der Waals surface area (Å²) in [5, 5.41) is 2.63. The summed E-state index contributed by atoms with van der Waals surface area (Å²) in [4.78, 5) is 11.2. The molecule has 0 rings (SSSR count). The molecule has 4 nitrogen and oxygen atoms in total. The van der Waals surface area contributed by atoms with Crippen LogP contribution in [0.15, 0.2) is 12.2 Å². The molecule has 3 N–H and O–H groups in total. The lowest BCUT2D eigenvalue weighted by Crippen LogP contribution is -2.34. The summed E-state index contributed by atoms with van der Waals surface area (Å²) >= 11 is 0. The zero-order valence-electron chi connectivity index (χ0n) is 10.1. The number of amides is 1. The quantitative estimate of drug-likeness (QED) is 0.701. The van der Waals surface area contributed by atoms with E-state index in [0.717, 1.165) is 5.57 Å². The van der Waals surface area contributed by atoms with Gasteiger partial charge >= 0.3 is 6.09 Å². The van der Waals surface area contributed by atoms with Crippen LogP contribution in [0.1, 0.15) is 34.1 Å². The standard InChI is InChI=1S/C11H22N2O2/c1-8(6-9(2)12)7-13-10(14)15-11(3,4)5/h9H,1,6-7,12H2,2-5H3,(H,13,14). The van der Waals surface area contributed by atoms with Crippen LogP contribution in [0.4, 0.5) is 4.79 Å². The SMILES string of the molecule is C=C(CNC(=O)OC(C)(C)C)CC(C)N. The zero-order valence-corrected chi connectivity index (χ0v) is 10.1. The molecule has 0 aliphatic heterocycles. The van der Waals surface area contributed by atoms with Crippen LogP contribution in [0.3, 0.4) is 0 Å². The minimum absolute atomic E-state index is 0.0675. The van der Waals surface area contributed by atoms with Crippen molar-refractivity contribution in [2.45, 2.75) is 45.8 Å². The van der Waals surface area contributed by atoms with Crippen molar-refractivity contribution in [3.8, 4) is 0 Å². The molecule has 0 bridgehead atoms. The molecule has 15 heavy (non-hydrogen) atoms. The zero-order chi connectivity index (χ0) is 12.1. The minimum atomic E-state index is -0.466. The molecule has 1 amide bonds. The molecule has 0 radical (unpaired) electrons. The summed E-state index contributed by atoms with van der Waals surface area (Å²) in [6, 6.07) is 0.0675. The van der Waals surface area contributed by atoms with E-state index < -0.39 is 11.7 Å². The Kier molecular flexibility index (Phi) is 5.36. The van der Waals surface area contributed by atoms with E-state index in [1.165, 1.54) is 0 Å². The molecule has 0 spiro atoms. The van der Waals surface area contributed by atoms with Crippen molar-refractivity contribution in [3.05, 3.63) is 12.2 Å². The summed E-state index contributed by atoms with van der Waals surface area (Å²) in [6.45, 7) is 11.6. The topological polar surface area (TPSA) is 64.3 Å². The fourth-order valence-electron chi connectivity index (χ4n) is 1.04. The molecule has 0 aromatic carbocycles. The first-order valence-corrected chi connectivity index (χ1v) is 5.10. The number of hydrogen-bond acceptors (Lipinski definition) is 3. The van der Waals surface area contributed by atoms with Gasteiger partial charge in [-0.05, 0) is 34.1 Å². The van der Waals surface area contributed by atoms with E-state index in [1.807, 2.05) is 27.7 Å². The second-order valence-corrected chi connectivity index (χ2v) is 4.79. The van der Waals surface area contributed by atoms with Gasteiger partial charge in [-0.1, -0.05) is 12.2 Å². The highest BCUT2D eigenvalue weighted by atomic mass is 16.6. The number of carbonyl (C=O) groups excluding carboxylic acids is 1. The Balaban J connectivity index is 3.77. The maximum Gasteiger partial charge on any atom is 0.407 e. The molecular weight excluding hydrogens is 192 g/mol. The molecule has 88 valence electrons. The summed E-state index contributed by atoms with van der Waals surface area (Å²) < 4.78 is 5.07. The van der Waals surface area contributed by atoms with Gasteiger partial charge in [0.25, 0.3) is 0 Å². The van der Waals surface area contributed by atoms with Crippen molar-refractivity contribution < 1.29 is 9.53 Å². The van der Waals surface area contributed by atoms with Gasteiger partial charge in [0.05, 0.1) is 0 Å². The van der Waals surface area contributed by atoms with Crippen LogP contribution in [0, 0.1) is 0 Å². The molecule has 1 unspecified atom stereocenters. The fourth-order valence-corrected chi connectivity index (χ4v) is 1.04. The van der Waals surface area contributed by atoms with Crippen molar-refractivity contribution in [2.24, 2.45) is 5.73 Å². The summed E-state index contributed by atoms with van der Waals surface area (Å²) in [5.41, 5.74) is 6.03. The van der Waals surface area contributed by atoms with Crippen molar-refractivity contribution in [1.29, 1.82) is 0 Å². The van der Waals surface area contributed by atoms with Gasteiger partial charge in [0.1, 0.15) is 5.60 Å². The molecule has 0 aromatic rings. The number of alkyl carbamates (subject to hydrolysis) is 1. The number of nitrogens with two attached hydrogens (primary N) is 1. The third-order valence-corrected chi connectivity index (χ3v) is 1.49. The summed E-state index contributed by atoms with van der Waals surface area (Å²) in [6.07, 6.45) is 0.281. The number of carbonyl (C=O) groups is 1. The summed E-state index contributed by atoms with van der Waals surface area (Å²) in [5.74, 6) is 0. The number of nitrogens with one attached hydrogen (secondary N) is 1. The Morgan fingerprint density at radius 2 is 2.07 bits per heavy atom. The highest BCUT2D eigenvalue weighted by molar-refractivity contribution is 5.67. The van der Waals surface area contributed by atoms with Crippen molar-refractivity contribution in [3.63, 3.8) is 0 Å².